The van der Waals surface area contributed by atoms with Gasteiger partial charge >= 0.3 is 0 Å². The SMILES string of the molecule is CC(C)(C(=O)Nc1ccc(Br)cc1F)n1nc(-c2cccs2)ccc1=O. The van der Waals surface area contributed by atoms with Crippen LogP contribution in [0.15, 0.2) is 57.1 Å². The number of hydrogen-bond acceptors (Lipinski definition) is 4. The van der Waals surface area contributed by atoms with Gasteiger partial charge in [-0.3, -0.25) is 9.59 Å². The van der Waals surface area contributed by atoms with Gasteiger partial charge in [0.2, 0.25) is 0 Å². The maximum atomic E-state index is 14.0. The van der Waals surface area contributed by atoms with Crippen molar-refractivity contribution in [1.29, 1.82) is 0 Å². The molecule has 0 aliphatic heterocycles. The summed E-state index contributed by atoms with van der Waals surface area (Å²) in [5.74, 6) is -1.12. The number of anilines is 1. The number of thiophene rings is 1. The number of rotatable bonds is 4. The lowest BCUT2D eigenvalue weighted by Crippen LogP contribution is -2.47. The lowest BCUT2D eigenvalue weighted by molar-refractivity contribution is -0.123. The number of carbonyl (C=O) groups excluding carboxylic acids is 1. The summed E-state index contributed by atoms with van der Waals surface area (Å²) >= 11 is 4.65. The molecule has 8 heteroatoms. The van der Waals surface area contributed by atoms with Crippen molar-refractivity contribution in [3.05, 3.63) is 68.5 Å². The van der Waals surface area contributed by atoms with Crippen LogP contribution < -0.4 is 10.9 Å². The Labute approximate surface area is 161 Å². The molecule has 0 saturated heterocycles. The third-order valence-electron chi connectivity index (χ3n) is 3.84. The molecule has 1 amide bonds. The Hall–Kier alpha value is -2.32. The number of benzene rings is 1. The minimum absolute atomic E-state index is 0.0359. The van der Waals surface area contributed by atoms with E-state index < -0.39 is 22.8 Å². The Balaban J connectivity index is 1.95. The molecule has 5 nitrogen and oxygen atoms in total. The number of hydrogen-bond donors (Lipinski definition) is 1. The fraction of sp³-hybridized carbons (Fsp3) is 0.167. The van der Waals surface area contributed by atoms with Gasteiger partial charge in [-0.15, -0.1) is 11.3 Å². The predicted octanol–water partition coefficient (Wildman–Crippen LogP) is 4.25. The summed E-state index contributed by atoms with van der Waals surface area (Å²) in [7, 11) is 0. The van der Waals surface area contributed by atoms with E-state index in [9.17, 15) is 14.0 Å². The zero-order chi connectivity index (χ0) is 18.9. The standard InChI is InChI=1S/C18H15BrFN3O2S/c1-18(2,17(25)21-13-6-5-11(19)10-12(13)20)23-16(24)8-7-14(22-23)15-4-3-9-26-15/h3-10H,1-2H3,(H,21,25). The van der Waals surface area contributed by atoms with Gasteiger partial charge < -0.3 is 5.32 Å². The van der Waals surface area contributed by atoms with Crippen molar-refractivity contribution in [2.75, 3.05) is 5.32 Å². The molecule has 0 aliphatic rings. The van der Waals surface area contributed by atoms with Crippen molar-refractivity contribution in [3.63, 3.8) is 0 Å². The molecular formula is C18H15BrFN3O2S. The summed E-state index contributed by atoms with van der Waals surface area (Å²) in [5, 5.41) is 8.77. The van der Waals surface area contributed by atoms with Gasteiger partial charge in [-0.25, -0.2) is 9.07 Å². The highest BCUT2D eigenvalue weighted by molar-refractivity contribution is 9.10. The van der Waals surface area contributed by atoms with Gasteiger partial charge in [0, 0.05) is 10.5 Å². The van der Waals surface area contributed by atoms with E-state index in [4.69, 9.17) is 0 Å². The summed E-state index contributed by atoms with van der Waals surface area (Å²) in [4.78, 5) is 25.9. The zero-order valence-electron chi connectivity index (χ0n) is 14.0. The Morgan fingerprint density at radius 1 is 1.27 bits per heavy atom. The maximum absolute atomic E-state index is 14.0. The second kappa shape index (κ2) is 7.13. The lowest BCUT2D eigenvalue weighted by Gasteiger charge is -2.25. The Morgan fingerprint density at radius 3 is 2.69 bits per heavy atom. The second-order valence-corrected chi connectivity index (χ2v) is 7.95. The number of nitrogens with one attached hydrogen (secondary N) is 1. The van der Waals surface area contributed by atoms with Gasteiger partial charge in [-0.1, -0.05) is 22.0 Å². The first-order valence-electron chi connectivity index (χ1n) is 7.70. The van der Waals surface area contributed by atoms with Crippen LogP contribution in [0.5, 0.6) is 0 Å². The summed E-state index contributed by atoms with van der Waals surface area (Å²) in [6.07, 6.45) is 0. The quantitative estimate of drug-likeness (QED) is 0.665. The molecule has 0 fully saturated rings. The monoisotopic (exact) mass is 435 g/mol. The largest absolute Gasteiger partial charge is 0.321 e. The van der Waals surface area contributed by atoms with Crippen LogP contribution in [0, 0.1) is 5.82 Å². The van der Waals surface area contributed by atoms with Gasteiger partial charge in [0.25, 0.3) is 11.5 Å². The van der Waals surface area contributed by atoms with Gasteiger partial charge in [-0.05, 0) is 49.6 Å². The Bertz CT molecular complexity index is 1020. The highest BCUT2D eigenvalue weighted by Crippen LogP contribution is 2.24. The fourth-order valence-corrected chi connectivity index (χ4v) is 3.35. The molecule has 0 aliphatic carbocycles. The van der Waals surface area contributed by atoms with E-state index in [0.29, 0.717) is 10.2 Å². The van der Waals surface area contributed by atoms with E-state index in [-0.39, 0.29) is 5.69 Å². The van der Waals surface area contributed by atoms with Crippen LogP contribution >= 0.6 is 27.3 Å². The van der Waals surface area contributed by atoms with E-state index in [1.807, 2.05) is 17.5 Å². The molecule has 0 radical (unpaired) electrons. The molecule has 2 heterocycles. The van der Waals surface area contributed by atoms with Crippen molar-refractivity contribution in [2.24, 2.45) is 0 Å². The highest BCUT2D eigenvalue weighted by Gasteiger charge is 2.33. The summed E-state index contributed by atoms with van der Waals surface area (Å²) < 4.78 is 15.7. The molecule has 0 bridgehead atoms. The fourth-order valence-electron chi connectivity index (χ4n) is 2.33. The van der Waals surface area contributed by atoms with Gasteiger partial charge in [0.15, 0.2) is 0 Å². The topological polar surface area (TPSA) is 64.0 Å². The van der Waals surface area contributed by atoms with Crippen LogP contribution in [0.25, 0.3) is 10.6 Å². The number of amides is 1. The number of halogens is 2. The third kappa shape index (κ3) is 3.61. The molecule has 0 saturated carbocycles. The van der Waals surface area contributed by atoms with Crippen molar-refractivity contribution < 1.29 is 9.18 Å². The summed E-state index contributed by atoms with van der Waals surface area (Å²) in [5.41, 5.74) is -1.10. The van der Waals surface area contributed by atoms with Crippen molar-refractivity contribution >= 4 is 38.9 Å². The first-order valence-corrected chi connectivity index (χ1v) is 9.37. The van der Waals surface area contributed by atoms with Crippen LogP contribution in [-0.2, 0) is 10.3 Å². The average molecular weight is 436 g/mol. The Morgan fingerprint density at radius 2 is 2.04 bits per heavy atom. The molecule has 0 unspecified atom stereocenters. The number of aromatic nitrogens is 2. The smallest absolute Gasteiger partial charge is 0.267 e. The van der Waals surface area contributed by atoms with Crippen LogP contribution in [0.1, 0.15) is 13.8 Å². The van der Waals surface area contributed by atoms with E-state index in [2.05, 4.69) is 26.3 Å². The molecule has 1 N–H and O–H groups in total. The third-order valence-corrected chi connectivity index (χ3v) is 5.22. The van der Waals surface area contributed by atoms with E-state index >= 15 is 0 Å². The molecular weight excluding hydrogens is 421 g/mol. The van der Waals surface area contributed by atoms with Crippen LogP contribution in [0.2, 0.25) is 0 Å². The van der Waals surface area contributed by atoms with Crippen molar-refractivity contribution in [2.45, 2.75) is 19.4 Å². The first-order chi connectivity index (χ1) is 12.3. The van der Waals surface area contributed by atoms with Gasteiger partial charge in [0.1, 0.15) is 17.1 Å². The lowest BCUT2D eigenvalue weighted by atomic mass is 10.0. The number of nitrogens with zero attached hydrogens (tertiary/aromatic N) is 2. The van der Waals surface area contributed by atoms with Crippen LogP contribution in [0.3, 0.4) is 0 Å². The highest BCUT2D eigenvalue weighted by atomic mass is 79.9. The zero-order valence-corrected chi connectivity index (χ0v) is 16.4. The summed E-state index contributed by atoms with van der Waals surface area (Å²) in [6.45, 7) is 3.12. The molecule has 0 spiro atoms. The predicted molar refractivity (Wildman–Crippen MR) is 104 cm³/mol. The normalized spacial score (nSPS) is 11.4. The van der Waals surface area contributed by atoms with Crippen LogP contribution in [0.4, 0.5) is 10.1 Å². The number of carbonyl (C=O) groups is 1. The molecule has 1 aromatic carbocycles. The molecule has 26 heavy (non-hydrogen) atoms. The second-order valence-electron chi connectivity index (χ2n) is 6.08. The van der Waals surface area contributed by atoms with Crippen LogP contribution in [-0.4, -0.2) is 15.7 Å². The van der Waals surface area contributed by atoms with Crippen molar-refractivity contribution in [3.8, 4) is 10.6 Å². The minimum atomic E-state index is -1.32. The maximum Gasteiger partial charge on any atom is 0.267 e. The van der Waals surface area contributed by atoms with Crippen molar-refractivity contribution in [1.82, 2.24) is 9.78 Å². The molecule has 0 atom stereocenters. The molecule has 3 rings (SSSR count). The molecule has 134 valence electrons. The first kappa shape index (κ1) is 18.5. The molecule has 2 aromatic heterocycles. The van der Waals surface area contributed by atoms with Gasteiger partial charge in [0.05, 0.1) is 10.6 Å². The van der Waals surface area contributed by atoms with E-state index in [0.717, 1.165) is 9.56 Å². The minimum Gasteiger partial charge on any atom is -0.321 e. The Kier molecular flexibility index (Phi) is 5.06. The summed E-state index contributed by atoms with van der Waals surface area (Å²) in [6, 6.07) is 11.1. The van der Waals surface area contributed by atoms with Gasteiger partial charge in [-0.2, -0.15) is 5.10 Å². The average Bonchev–Trinajstić information content (AvgIpc) is 3.12. The molecule has 3 aromatic rings. The van der Waals surface area contributed by atoms with E-state index in [1.54, 1.807) is 26.0 Å². The van der Waals surface area contributed by atoms with E-state index in [1.165, 1.54) is 29.5 Å².